The van der Waals surface area contributed by atoms with Gasteiger partial charge in [0.2, 0.25) is 5.91 Å². The highest BCUT2D eigenvalue weighted by molar-refractivity contribution is 6.30. The molecule has 180 valence electrons. The lowest BCUT2D eigenvalue weighted by Crippen LogP contribution is -2.60. The smallest absolute Gasteiger partial charge is 0.258 e. The summed E-state index contributed by atoms with van der Waals surface area (Å²) in [4.78, 5) is 28.2. The van der Waals surface area contributed by atoms with Crippen LogP contribution in [0, 0.1) is 23.6 Å². The van der Waals surface area contributed by atoms with E-state index in [2.05, 4.69) is 29.4 Å². The molecular weight excluding hydrogens is 445 g/mol. The minimum Gasteiger partial charge on any atom is -0.484 e. The Labute approximate surface area is 199 Å². The van der Waals surface area contributed by atoms with Gasteiger partial charge in [0.1, 0.15) is 11.6 Å². The highest BCUT2D eigenvalue weighted by Gasteiger charge is 2.49. The summed E-state index contributed by atoms with van der Waals surface area (Å²) in [5.74, 6) is 0.636. The zero-order valence-electron chi connectivity index (χ0n) is 19.2. The second-order valence-corrected chi connectivity index (χ2v) is 10.9. The molecule has 4 unspecified atom stereocenters. The molecule has 1 heterocycles. The van der Waals surface area contributed by atoms with Crippen LogP contribution in [0.1, 0.15) is 52.4 Å². The average molecular weight is 478 g/mol. The number of amides is 2. The SMILES string of the molecule is CC1CC(C(=O)N[C@@H]2CC(NC(=O)COc3ccc(Cl)c(F)c3)C3CC2C3)C(C)N1C1CC1. The number of nitrogens with zero attached hydrogens (tertiary/aromatic N) is 1. The lowest BCUT2D eigenvalue weighted by molar-refractivity contribution is -0.129. The topological polar surface area (TPSA) is 70.7 Å². The standard InChI is InChI=1S/C25H33ClFN3O3/c1-13-7-19(14(2)30(13)17-3-4-17)25(32)29-23-11-22(15-8-16(23)9-15)28-24(31)12-33-18-5-6-20(26)21(27)10-18/h5-6,10,13-17,19,22-23H,3-4,7-9,11-12H2,1-2H3,(H,28,31)(H,29,32)/t13?,14?,15?,16?,19?,22?,23-/m1/s1. The number of rotatable bonds is 7. The molecule has 0 aromatic heterocycles. The van der Waals surface area contributed by atoms with Crippen LogP contribution in [0.2, 0.25) is 5.02 Å². The molecule has 0 spiro atoms. The summed E-state index contributed by atoms with van der Waals surface area (Å²) in [7, 11) is 0. The molecule has 33 heavy (non-hydrogen) atoms. The van der Waals surface area contributed by atoms with Crippen LogP contribution in [0.3, 0.4) is 0 Å². The molecule has 5 atom stereocenters. The van der Waals surface area contributed by atoms with Crippen molar-refractivity contribution in [2.24, 2.45) is 17.8 Å². The number of carbonyl (C=O) groups is 2. The first-order valence-electron chi connectivity index (χ1n) is 12.2. The first-order valence-corrected chi connectivity index (χ1v) is 12.6. The molecule has 0 radical (unpaired) electrons. The van der Waals surface area contributed by atoms with Crippen molar-refractivity contribution in [3.8, 4) is 5.75 Å². The normalized spacial score (nSPS) is 35.6. The van der Waals surface area contributed by atoms with Crippen LogP contribution in [0.4, 0.5) is 4.39 Å². The van der Waals surface area contributed by atoms with Crippen molar-refractivity contribution in [1.82, 2.24) is 15.5 Å². The van der Waals surface area contributed by atoms with Gasteiger partial charge in [-0.1, -0.05) is 11.6 Å². The van der Waals surface area contributed by atoms with Crippen LogP contribution in [-0.4, -0.2) is 53.5 Å². The lowest BCUT2D eigenvalue weighted by Gasteiger charge is -2.51. The Morgan fingerprint density at radius 2 is 1.79 bits per heavy atom. The Morgan fingerprint density at radius 3 is 2.45 bits per heavy atom. The molecule has 6 rings (SSSR count). The maximum Gasteiger partial charge on any atom is 0.258 e. The van der Waals surface area contributed by atoms with Gasteiger partial charge in [-0.25, -0.2) is 4.39 Å². The first-order chi connectivity index (χ1) is 15.8. The predicted octanol–water partition coefficient (Wildman–Crippen LogP) is 3.52. The van der Waals surface area contributed by atoms with Gasteiger partial charge < -0.3 is 15.4 Å². The van der Waals surface area contributed by atoms with Crippen LogP contribution in [0.5, 0.6) is 5.75 Å². The highest BCUT2D eigenvalue weighted by atomic mass is 35.5. The lowest BCUT2D eigenvalue weighted by atomic mass is 9.60. The number of likely N-dealkylation sites (tertiary alicyclic amines) is 1. The molecule has 1 saturated heterocycles. The van der Waals surface area contributed by atoms with E-state index in [0.717, 1.165) is 25.7 Å². The fourth-order valence-electron chi connectivity index (χ4n) is 6.32. The van der Waals surface area contributed by atoms with Gasteiger partial charge in [0.25, 0.3) is 5.91 Å². The number of ether oxygens (including phenoxy) is 1. The monoisotopic (exact) mass is 477 g/mol. The summed E-state index contributed by atoms with van der Waals surface area (Å²) in [5.41, 5.74) is 0. The minimum absolute atomic E-state index is 0.0170. The summed E-state index contributed by atoms with van der Waals surface area (Å²) in [6.45, 7) is 4.26. The van der Waals surface area contributed by atoms with E-state index in [1.165, 1.54) is 31.0 Å². The number of hydrogen-bond acceptors (Lipinski definition) is 4. The van der Waals surface area contributed by atoms with E-state index in [-0.39, 0.29) is 53.2 Å². The van der Waals surface area contributed by atoms with Gasteiger partial charge >= 0.3 is 0 Å². The molecule has 4 saturated carbocycles. The van der Waals surface area contributed by atoms with E-state index in [1.807, 2.05) is 0 Å². The largest absolute Gasteiger partial charge is 0.484 e. The number of fused-ring (bicyclic) bond motifs is 2. The number of hydrogen-bond donors (Lipinski definition) is 2. The van der Waals surface area contributed by atoms with Crippen molar-refractivity contribution >= 4 is 23.4 Å². The Bertz CT molecular complexity index is 920. The number of carbonyl (C=O) groups excluding carboxylic acids is 2. The van der Waals surface area contributed by atoms with Gasteiger partial charge in [0, 0.05) is 36.3 Å². The van der Waals surface area contributed by atoms with Crippen LogP contribution < -0.4 is 15.4 Å². The Morgan fingerprint density at radius 1 is 1.09 bits per heavy atom. The Hall–Kier alpha value is -1.86. The van der Waals surface area contributed by atoms with Gasteiger partial charge in [0.15, 0.2) is 6.61 Å². The van der Waals surface area contributed by atoms with E-state index in [4.69, 9.17) is 16.3 Å². The Balaban J connectivity index is 1.12. The number of benzene rings is 1. The number of halogens is 2. The Kier molecular flexibility index (Phi) is 6.29. The first kappa shape index (κ1) is 22.9. The minimum atomic E-state index is -0.577. The third-order valence-electron chi connectivity index (χ3n) is 8.25. The molecule has 2 N–H and O–H groups in total. The maximum absolute atomic E-state index is 13.6. The second-order valence-electron chi connectivity index (χ2n) is 10.5. The van der Waals surface area contributed by atoms with E-state index in [0.29, 0.717) is 23.9 Å². The molecule has 2 bridgehead atoms. The molecule has 1 aliphatic heterocycles. The fourth-order valence-corrected chi connectivity index (χ4v) is 6.44. The predicted molar refractivity (Wildman–Crippen MR) is 123 cm³/mol. The highest BCUT2D eigenvalue weighted by Crippen LogP contribution is 2.46. The molecule has 8 heteroatoms. The van der Waals surface area contributed by atoms with Crippen molar-refractivity contribution in [1.29, 1.82) is 0 Å². The molecule has 5 fully saturated rings. The van der Waals surface area contributed by atoms with Crippen molar-refractivity contribution in [2.75, 3.05) is 6.61 Å². The molecular formula is C25H33ClFN3O3. The van der Waals surface area contributed by atoms with Gasteiger partial charge in [-0.3, -0.25) is 14.5 Å². The van der Waals surface area contributed by atoms with Gasteiger partial charge in [-0.15, -0.1) is 0 Å². The second kappa shape index (κ2) is 9.06. The molecule has 1 aromatic rings. The summed E-state index contributed by atoms with van der Waals surface area (Å²) in [5, 5.41) is 6.44. The van der Waals surface area contributed by atoms with Gasteiger partial charge in [-0.2, -0.15) is 0 Å². The van der Waals surface area contributed by atoms with Crippen molar-refractivity contribution in [3.05, 3.63) is 29.0 Å². The van der Waals surface area contributed by atoms with Crippen LogP contribution in [-0.2, 0) is 9.59 Å². The molecule has 2 amide bonds. The van der Waals surface area contributed by atoms with Crippen LogP contribution in [0.15, 0.2) is 18.2 Å². The molecule has 6 nitrogen and oxygen atoms in total. The third-order valence-corrected chi connectivity index (χ3v) is 8.56. The van der Waals surface area contributed by atoms with E-state index in [1.54, 1.807) is 0 Å². The number of nitrogens with one attached hydrogen (secondary N) is 2. The fraction of sp³-hybridized carbons (Fsp3) is 0.680. The molecule has 5 aliphatic rings. The third kappa shape index (κ3) is 4.72. The summed E-state index contributed by atoms with van der Waals surface area (Å²) >= 11 is 5.68. The summed E-state index contributed by atoms with van der Waals surface area (Å²) in [6.07, 6.45) is 6.26. The van der Waals surface area contributed by atoms with Crippen molar-refractivity contribution < 1.29 is 18.7 Å². The van der Waals surface area contributed by atoms with Crippen molar-refractivity contribution in [2.45, 2.75) is 82.6 Å². The summed E-state index contributed by atoms with van der Waals surface area (Å²) in [6, 6.07) is 5.67. The molecule has 4 aliphatic carbocycles. The van der Waals surface area contributed by atoms with Gasteiger partial charge in [0.05, 0.1) is 10.9 Å². The summed E-state index contributed by atoms with van der Waals surface area (Å²) < 4.78 is 19.0. The van der Waals surface area contributed by atoms with Gasteiger partial charge in [-0.05, 0) is 76.3 Å². The van der Waals surface area contributed by atoms with E-state index in [9.17, 15) is 14.0 Å². The quantitative estimate of drug-likeness (QED) is 0.630. The molecule has 1 aromatic carbocycles. The maximum atomic E-state index is 13.6. The average Bonchev–Trinajstić information content (AvgIpc) is 3.52. The van der Waals surface area contributed by atoms with Crippen LogP contribution in [0.25, 0.3) is 0 Å². The zero-order chi connectivity index (χ0) is 23.3. The van der Waals surface area contributed by atoms with Crippen molar-refractivity contribution in [3.63, 3.8) is 0 Å². The zero-order valence-corrected chi connectivity index (χ0v) is 20.0. The van der Waals surface area contributed by atoms with E-state index < -0.39 is 5.82 Å². The van der Waals surface area contributed by atoms with Crippen LogP contribution >= 0.6 is 11.6 Å². The van der Waals surface area contributed by atoms with E-state index >= 15 is 0 Å².